The summed E-state index contributed by atoms with van der Waals surface area (Å²) in [6, 6.07) is 6.90. The topological polar surface area (TPSA) is 108 Å². The second kappa shape index (κ2) is 9.00. The van der Waals surface area contributed by atoms with E-state index in [1.807, 2.05) is 0 Å². The predicted molar refractivity (Wildman–Crippen MR) is 97.9 cm³/mol. The molecule has 1 heterocycles. The highest BCUT2D eigenvalue weighted by atomic mass is 32.2. The fraction of sp³-hybridized carbons (Fsp3) is 0.125. The van der Waals surface area contributed by atoms with Crippen LogP contribution in [-0.2, 0) is 14.4 Å². The minimum absolute atomic E-state index is 0.0454. The fourth-order valence-corrected chi connectivity index (χ4v) is 2.90. The van der Waals surface area contributed by atoms with Gasteiger partial charge in [0.1, 0.15) is 0 Å². The Balaban J connectivity index is 1.83. The van der Waals surface area contributed by atoms with E-state index in [9.17, 15) is 14.4 Å². The Kier molecular flexibility index (Phi) is 6.72. The van der Waals surface area contributed by atoms with Crippen molar-refractivity contribution in [2.45, 2.75) is 11.8 Å². The molecule has 3 N–H and O–H groups in total. The Bertz CT molecular complexity index is 786. The van der Waals surface area contributed by atoms with Gasteiger partial charge in [0.25, 0.3) is 0 Å². The molecule has 0 unspecified atom stereocenters. The molecule has 0 aliphatic heterocycles. The van der Waals surface area contributed by atoms with Crippen molar-refractivity contribution in [1.82, 2.24) is 4.98 Å². The molecule has 2 aromatic rings. The summed E-state index contributed by atoms with van der Waals surface area (Å²) >= 11 is 2.71. The van der Waals surface area contributed by atoms with Crippen LogP contribution in [0.2, 0.25) is 0 Å². The minimum atomic E-state index is -1.14. The lowest BCUT2D eigenvalue weighted by molar-refractivity contribution is -0.132. The monoisotopic (exact) mass is 377 g/mol. The average molecular weight is 377 g/mol. The van der Waals surface area contributed by atoms with Crippen LogP contribution in [0.5, 0.6) is 0 Å². The fourth-order valence-electron chi connectivity index (χ4n) is 1.66. The number of nitrogens with one attached hydrogen (secondary N) is 2. The van der Waals surface area contributed by atoms with E-state index in [1.54, 1.807) is 35.8 Å². The molecule has 1 aromatic carbocycles. The number of carbonyl (C=O) groups excluding carboxylic acids is 2. The first-order valence-electron chi connectivity index (χ1n) is 7.09. The average Bonchev–Trinajstić information content (AvgIpc) is 3.07. The summed E-state index contributed by atoms with van der Waals surface area (Å²) in [5.74, 6) is -1.56. The third-order valence-corrected chi connectivity index (χ3v) is 4.56. The second-order valence-corrected chi connectivity index (χ2v) is 6.76. The maximum atomic E-state index is 11.8. The molecule has 1 aromatic heterocycles. The number of carboxylic acid groups (broad SMARTS) is 1. The highest BCUT2D eigenvalue weighted by Gasteiger charge is 2.07. The molecular weight excluding hydrogens is 362 g/mol. The number of amides is 2. The minimum Gasteiger partial charge on any atom is -0.478 e. The van der Waals surface area contributed by atoms with Crippen molar-refractivity contribution in [3.8, 4) is 0 Å². The molecule has 2 rings (SSSR count). The number of aromatic nitrogens is 1. The van der Waals surface area contributed by atoms with Gasteiger partial charge in [-0.15, -0.1) is 23.1 Å². The molecule has 130 valence electrons. The zero-order valence-corrected chi connectivity index (χ0v) is 14.8. The van der Waals surface area contributed by atoms with Crippen LogP contribution in [0.15, 0.2) is 52.4 Å². The van der Waals surface area contributed by atoms with Gasteiger partial charge in [0, 0.05) is 33.8 Å². The largest absolute Gasteiger partial charge is 0.478 e. The first kappa shape index (κ1) is 18.7. The molecular formula is C16H15N3O4S2. The Morgan fingerprint density at radius 1 is 1.24 bits per heavy atom. The molecule has 0 saturated carbocycles. The van der Waals surface area contributed by atoms with Gasteiger partial charge in [0.05, 0.1) is 5.75 Å². The lowest BCUT2D eigenvalue weighted by Crippen LogP contribution is -2.13. The number of hydrogen-bond acceptors (Lipinski definition) is 6. The van der Waals surface area contributed by atoms with Crippen molar-refractivity contribution in [2.75, 3.05) is 16.4 Å². The number of hydrogen-bond donors (Lipinski definition) is 3. The lowest BCUT2D eigenvalue weighted by Gasteiger charge is -2.05. The van der Waals surface area contributed by atoms with Gasteiger partial charge in [0.15, 0.2) is 5.13 Å². The quantitative estimate of drug-likeness (QED) is 0.506. The molecule has 0 radical (unpaired) electrons. The number of nitrogens with zero attached hydrogens (tertiary/aromatic N) is 1. The molecule has 0 bridgehead atoms. The van der Waals surface area contributed by atoms with Gasteiger partial charge < -0.3 is 15.7 Å². The molecule has 0 spiro atoms. The van der Waals surface area contributed by atoms with E-state index in [2.05, 4.69) is 15.6 Å². The van der Waals surface area contributed by atoms with Gasteiger partial charge in [-0.1, -0.05) is 0 Å². The Morgan fingerprint density at radius 2 is 1.96 bits per heavy atom. The van der Waals surface area contributed by atoms with Crippen LogP contribution in [0.3, 0.4) is 0 Å². The summed E-state index contributed by atoms with van der Waals surface area (Å²) in [5, 5.41) is 16.3. The van der Waals surface area contributed by atoms with Crippen molar-refractivity contribution in [2.24, 2.45) is 0 Å². The Hall–Kier alpha value is -2.65. The number of rotatable bonds is 7. The van der Waals surface area contributed by atoms with Crippen molar-refractivity contribution >= 4 is 51.7 Å². The van der Waals surface area contributed by atoms with E-state index in [0.717, 1.165) is 11.0 Å². The van der Waals surface area contributed by atoms with Crippen LogP contribution >= 0.6 is 23.1 Å². The highest BCUT2D eigenvalue weighted by Crippen LogP contribution is 2.21. The lowest BCUT2D eigenvalue weighted by atomic mass is 10.2. The van der Waals surface area contributed by atoms with Crippen molar-refractivity contribution < 1.29 is 19.5 Å². The number of thiazole rings is 1. The van der Waals surface area contributed by atoms with Crippen LogP contribution < -0.4 is 10.6 Å². The van der Waals surface area contributed by atoms with Gasteiger partial charge in [-0.25, -0.2) is 9.78 Å². The van der Waals surface area contributed by atoms with Crippen LogP contribution in [0, 0.1) is 0 Å². The smallest absolute Gasteiger partial charge is 0.331 e. The molecule has 2 amide bonds. The molecule has 0 aliphatic carbocycles. The molecule has 0 atom stereocenters. The zero-order valence-electron chi connectivity index (χ0n) is 13.2. The van der Waals surface area contributed by atoms with E-state index in [-0.39, 0.29) is 17.2 Å². The summed E-state index contributed by atoms with van der Waals surface area (Å²) in [6.07, 6.45) is 2.64. The van der Waals surface area contributed by atoms with E-state index in [4.69, 9.17) is 5.11 Å². The number of aliphatic carboxylic acids is 1. The van der Waals surface area contributed by atoms with E-state index < -0.39 is 11.9 Å². The maximum Gasteiger partial charge on any atom is 0.331 e. The summed E-state index contributed by atoms with van der Waals surface area (Å²) in [4.78, 5) is 39.0. The van der Waals surface area contributed by atoms with Crippen LogP contribution in [0.25, 0.3) is 0 Å². The molecule has 7 nitrogen and oxygen atoms in total. The number of carbonyl (C=O) groups is 3. The van der Waals surface area contributed by atoms with Gasteiger partial charge >= 0.3 is 5.97 Å². The summed E-state index contributed by atoms with van der Waals surface area (Å²) in [5.41, 5.74) is 0.493. The van der Waals surface area contributed by atoms with Crippen LogP contribution in [-0.4, -0.2) is 33.6 Å². The number of anilines is 2. The van der Waals surface area contributed by atoms with E-state index in [1.165, 1.54) is 30.0 Å². The molecule has 0 aliphatic rings. The Morgan fingerprint density at radius 3 is 2.56 bits per heavy atom. The summed E-state index contributed by atoms with van der Waals surface area (Å²) in [7, 11) is 0. The normalized spacial score (nSPS) is 11.0. The van der Waals surface area contributed by atoms with Crippen molar-refractivity contribution in [1.29, 1.82) is 0 Å². The number of carboxylic acids is 1. The molecule has 0 fully saturated rings. The van der Waals surface area contributed by atoms with Crippen molar-refractivity contribution in [3.63, 3.8) is 0 Å². The Labute approximate surface area is 152 Å². The second-order valence-electron chi connectivity index (χ2n) is 4.82. The SMILES string of the molecule is C/C(=C/C(=O)Nc1ccc(SCC(=O)Nc2nccs2)cc1)C(=O)O. The standard InChI is InChI=1S/C16H15N3O4S2/c1-10(15(22)23)8-13(20)18-11-2-4-12(5-3-11)25-9-14(21)19-16-17-6-7-24-16/h2-8H,9H2,1H3,(H,18,20)(H,22,23)(H,17,19,21)/b10-8-. The van der Waals surface area contributed by atoms with Gasteiger partial charge in [-0.3, -0.25) is 9.59 Å². The van der Waals surface area contributed by atoms with Crippen LogP contribution in [0.4, 0.5) is 10.8 Å². The third-order valence-electron chi connectivity index (χ3n) is 2.86. The summed E-state index contributed by atoms with van der Waals surface area (Å²) < 4.78 is 0. The zero-order chi connectivity index (χ0) is 18.2. The van der Waals surface area contributed by atoms with Gasteiger partial charge in [-0.2, -0.15) is 0 Å². The summed E-state index contributed by atoms with van der Waals surface area (Å²) in [6.45, 7) is 1.35. The number of benzene rings is 1. The van der Waals surface area contributed by atoms with Gasteiger partial charge in [0.2, 0.25) is 11.8 Å². The number of thioether (sulfide) groups is 1. The molecule has 25 heavy (non-hydrogen) atoms. The highest BCUT2D eigenvalue weighted by molar-refractivity contribution is 8.00. The van der Waals surface area contributed by atoms with Crippen LogP contribution in [0.1, 0.15) is 6.92 Å². The predicted octanol–water partition coefficient (Wildman–Crippen LogP) is 2.84. The molecule has 0 saturated heterocycles. The third kappa shape index (κ3) is 6.40. The van der Waals surface area contributed by atoms with Gasteiger partial charge in [-0.05, 0) is 31.2 Å². The van der Waals surface area contributed by atoms with E-state index >= 15 is 0 Å². The maximum absolute atomic E-state index is 11.8. The van der Waals surface area contributed by atoms with E-state index in [0.29, 0.717) is 10.8 Å². The molecule has 9 heteroatoms. The first-order valence-corrected chi connectivity index (χ1v) is 8.95. The first-order chi connectivity index (χ1) is 11.9. The van der Waals surface area contributed by atoms with Crippen molar-refractivity contribution in [3.05, 3.63) is 47.5 Å².